The Labute approximate surface area is 87.9 Å². The van der Waals surface area contributed by atoms with Crippen LogP contribution < -0.4 is 5.32 Å². The van der Waals surface area contributed by atoms with Crippen molar-refractivity contribution in [1.29, 1.82) is 0 Å². The van der Waals surface area contributed by atoms with Crippen molar-refractivity contribution in [2.24, 2.45) is 0 Å². The fraction of sp³-hybridized carbons (Fsp3) is 0.909. The molecule has 0 bridgehead atoms. The maximum atomic E-state index is 11.2. The van der Waals surface area contributed by atoms with E-state index in [2.05, 4.69) is 31.0 Å². The van der Waals surface area contributed by atoms with Crippen LogP contribution in [0, 0.1) is 0 Å². The summed E-state index contributed by atoms with van der Waals surface area (Å²) in [6.45, 7) is 10.2. The third kappa shape index (κ3) is 6.89. The van der Waals surface area contributed by atoms with E-state index in [-0.39, 0.29) is 5.91 Å². The van der Waals surface area contributed by atoms with Crippen molar-refractivity contribution >= 4 is 5.91 Å². The molecule has 0 fully saturated rings. The van der Waals surface area contributed by atoms with Crippen molar-refractivity contribution in [3.63, 3.8) is 0 Å². The standard InChI is InChI=1S/C11H24N2O/c1-4-7-8-11(14)12-9-10-13(5-2)6-3/h4-10H2,1-3H3,(H,12,14). The van der Waals surface area contributed by atoms with Gasteiger partial charge in [0.15, 0.2) is 0 Å². The quantitative estimate of drug-likeness (QED) is 0.646. The number of hydrogen-bond donors (Lipinski definition) is 1. The van der Waals surface area contributed by atoms with Crippen LogP contribution in [0.1, 0.15) is 40.0 Å². The number of amides is 1. The van der Waals surface area contributed by atoms with E-state index in [1.54, 1.807) is 0 Å². The molecule has 0 atom stereocenters. The second-order valence-corrected chi connectivity index (χ2v) is 3.48. The second kappa shape index (κ2) is 9.00. The highest BCUT2D eigenvalue weighted by Gasteiger charge is 2.01. The van der Waals surface area contributed by atoms with Crippen molar-refractivity contribution in [2.45, 2.75) is 40.0 Å². The second-order valence-electron chi connectivity index (χ2n) is 3.48. The van der Waals surface area contributed by atoms with Crippen LogP contribution in [0.4, 0.5) is 0 Å². The van der Waals surface area contributed by atoms with Gasteiger partial charge in [0.05, 0.1) is 0 Å². The molecule has 0 aliphatic rings. The summed E-state index contributed by atoms with van der Waals surface area (Å²) in [5, 5.41) is 2.94. The SMILES string of the molecule is CCCCC(=O)NCCN(CC)CC. The van der Waals surface area contributed by atoms with E-state index in [9.17, 15) is 4.79 Å². The zero-order chi connectivity index (χ0) is 10.8. The molecule has 0 aliphatic heterocycles. The monoisotopic (exact) mass is 200 g/mol. The predicted octanol–water partition coefficient (Wildman–Crippen LogP) is 1.63. The summed E-state index contributed by atoms with van der Waals surface area (Å²) >= 11 is 0. The molecule has 0 radical (unpaired) electrons. The lowest BCUT2D eigenvalue weighted by Gasteiger charge is -2.17. The third-order valence-corrected chi connectivity index (χ3v) is 2.40. The number of nitrogens with one attached hydrogen (secondary N) is 1. The van der Waals surface area contributed by atoms with Gasteiger partial charge in [-0.05, 0) is 19.5 Å². The van der Waals surface area contributed by atoms with E-state index in [1.807, 2.05) is 0 Å². The molecule has 0 aromatic heterocycles. The van der Waals surface area contributed by atoms with Crippen LogP contribution in [0.5, 0.6) is 0 Å². The first-order chi connectivity index (χ1) is 6.74. The van der Waals surface area contributed by atoms with Crippen molar-refractivity contribution in [3.05, 3.63) is 0 Å². The van der Waals surface area contributed by atoms with Gasteiger partial charge in [0, 0.05) is 19.5 Å². The van der Waals surface area contributed by atoms with Gasteiger partial charge < -0.3 is 10.2 Å². The Kier molecular flexibility index (Phi) is 8.64. The molecule has 84 valence electrons. The molecule has 1 amide bonds. The molecular weight excluding hydrogens is 176 g/mol. The lowest BCUT2D eigenvalue weighted by atomic mass is 10.2. The van der Waals surface area contributed by atoms with E-state index < -0.39 is 0 Å². The molecule has 0 aromatic rings. The predicted molar refractivity (Wildman–Crippen MR) is 60.3 cm³/mol. The number of hydrogen-bond acceptors (Lipinski definition) is 2. The van der Waals surface area contributed by atoms with Gasteiger partial charge in [0.2, 0.25) is 5.91 Å². The fourth-order valence-corrected chi connectivity index (χ4v) is 1.32. The lowest BCUT2D eigenvalue weighted by molar-refractivity contribution is -0.121. The topological polar surface area (TPSA) is 32.3 Å². The van der Waals surface area contributed by atoms with Gasteiger partial charge >= 0.3 is 0 Å². The van der Waals surface area contributed by atoms with E-state index in [1.165, 1.54) is 0 Å². The molecule has 0 heterocycles. The summed E-state index contributed by atoms with van der Waals surface area (Å²) in [4.78, 5) is 13.5. The smallest absolute Gasteiger partial charge is 0.220 e. The Bertz CT molecular complexity index is 144. The molecule has 1 N–H and O–H groups in total. The number of nitrogens with zero attached hydrogens (tertiary/aromatic N) is 1. The van der Waals surface area contributed by atoms with Crippen molar-refractivity contribution in [3.8, 4) is 0 Å². The highest BCUT2D eigenvalue weighted by atomic mass is 16.1. The minimum Gasteiger partial charge on any atom is -0.355 e. The Balaban J connectivity index is 3.38. The summed E-state index contributed by atoms with van der Waals surface area (Å²) in [6, 6.07) is 0. The molecule has 3 heteroatoms. The minimum absolute atomic E-state index is 0.194. The third-order valence-electron chi connectivity index (χ3n) is 2.40. The first kappa shape index (κ1) is 13.4. The Morgan fingerprint density at radius 1 is 1.21 bits per heavy atom. The van der Waals surface area contributed by atoms with Gasteiger partial charge in [0.25, 0.3) is 0 Å². The largest absolute Gasteiger partial charge is 0.355 e. The zero-order valence-electron chi connectivity index (χ0n) is 9.81. The fourth-order valence-electron chi connectivity index (χ4n) is 1.32. The summed E-state index contributed by atoms with van der Waals surface area (Å²) in [7, 11) is 0. The van der Waals surface area contributed by atoms with Gasteiger partial charge in [-0.3, -0.25) is 4.79 Å². The highest BCUT2D eigenvalue weighted by Crippen LogP contribution is 1.92. The van der Waals surface area contributed by atoms with Gasteiger partial charge in [-0.2, -0.15) is 0 Å². The molecule has 0 aliphatic carbocycles. The first-order valence-corrected chi connectivity index (χ1v) is 5.73. The molecule has 0 unspecified atom stereocenters. The highest BCUT2D eigenvalue weighted by molar-refractivity contribution is 5.75. The number of unbranched alkanes of at least 4 members (excludes halogenated alkanes) is 1. The number of carbonyl (C=O) groups excluding carboxylic acids is 1. The van der Waals surface area contributed by atoms with E-state index in [0.717, 1.165) is 39.0 Å². The molecular formula is C11H24N2O. The molecule has 0 saturated carbocycles. The van der Waals surface area contributed by atoms with Gasteiger partial charge in [-0.15, -0.1) is 0 Å². The Morgan fingerprint density at radius 2 is 1.86 bits per heavy atom. The van der Waals surface area contributed by atoms with Gasteiger partial charge in [-0.25, -0.2) is 0 Å². The van der Waals surface area contributed by atoms with Crippen LogP contribution in [-0.2, 0) is 4.79 Å². The minimum atomic E-state index is 0.194. The van der Waals surface area contributed by atoms with Crippen LogP contribution in [0.15, 0.2) is 0 Å². The number of rotatable bonds is 8. The van der Waals surface area contributed by atoms with E-state index >= 15 is 0 Å². The summed E-state index contributed by atoms with van der Waals surface area (Å²) in [6.07, 6.45) is 2.76. The Morgan fingerprint density at radius 3 is 2.36 bits per heavy atom. The summed E-state index contributed by atoms with van der Waals surface area (Å²) < 4.78 is 0. The maximum Gasteiger partial charge on any atom is 0.220 e. The number of likely N-dealkylation sites (N-methyl/N-ethyl adjacent to an activating group) is 1. The number of carbonyl (C=O) groups is 1. The van der Waals surface area contributed by atoms with Gasteiger partial charge in [0.1, 0.15) is 0 Å². The van der Waals surface area contributed by atoms with Crippen molar-refractivity contribution in [1.82, 2.24) is 10.2 Å². The summed E-state index contributed by atoms with van der Waals surface area (Å²) in [5.41, 5.74) is 0. The van der Waals surface area contributed by atoms with Crippen LogP contribution in [0.3, 0.4) is 0 Å². The van der Waals surface area contributed by atoms with Crippen molar-refractivity contribution in [2.75, 3.05) is 26.2 Å². The van der Waals surface area contributed by atoms with E-state index in [0.29, 0.717) is 6.42 Å². The van der Waals surface area contributed by atoms with Crippen LogP contribution in [0.2, 0.25) is 0 Å². The molecule has 0 rings (SSSR count). The molecule has 3 nitrogen and oxygen atoms in total. The summed E-state index contributed by atoms with van der Waals surface area (Å²) in [5.74, 6) is 0.194. The Hall–Kier alpha value is -0.570. The molecule has 0 saturated heterocycles. The normalized spacial score (nSPS) is 10.6. The van der Waals surface area contributed by atoms with Crippen LogP contribution in [0.25, 0.3) is 0 Å². The van der Waals surface area contributed by atoms with E-state index in [4.69, 9.17) is 0 Å². The van der Waals surface area contributed by atoms with Crippen LogP contribution in [-0.4, -0.2) is 37.0 Å². The zero-order valence-corrected chi connectivity index (χ0v) is 9.81. The molecule has 14 heavy (non-hydrogen) atoms. The maximum absolute atomic E-state index is 11.2. The van der Waals surface area contributed by atoms with Gasteiger partial charge in [-0.1, -0.05) is 27.2 Å². The lowest BCUT2D eigenvalue weighted by Crippen LogP contribution is -2.34. The van der Waals surface area contributed by atoms with Crippen molar-refractivity contribution < 1.29 is 4.79 Å². The van der Waals surface area contributed by atoms with Crippen LogP contribution >= 0.6 is 0 Å². The first-order valence-electron chi connectivity index (χ1n) is 5.73. The molecule has 0 spiro atoms. The molecule has 0 aromatic carbocycles. The average molecular weight is 200 g/mol. The average Bonchev–Trinajstić information content (AvgIpc) is 2.21.